The summed E-state index contributed by atoms with van der Waals surface area (Å²) in [4.78, 5) is 0. The summed E-state index contributed by atoms with van der Waals surface area (Å²) >= 11 is 0. The molecule has 1 aliphatic carbocycles. The van der Waals surface area contributed by atoms with Gasteiger partial charge in [-0.25, -0.2) is 0 Å². The van der Waals surface area contributed by atoms with Crippen LogP contribution in [-0.2, 0) is 10.8 Å². The summed E-state index contributed by atoms with van der Waals surface area (Å²) in [7, 11) is 0. The van der Waals surface area contributed by atoms with Crippen molar-refractivity contribution >= 4 is 0 Å². The van der Waals surface area contributed by atoms with Gasteiger partial charge in [-0.05, 0) is 59.2 Å². The van der Waals surface area contributed by atoms with Gasteiger partial charge in [0.05, 0.1) is 0 Å². The maximum Gasteiger partial charge on any atom is 0.0463 e. The number of benzene rings is 2. The van der Waals surface area contributed by atoms with Gasteiger partial charge in [-0.2, -0.15) is 0 Å². The molecular formula is C25H36N2. The Kier molecular flexibility index (Phi) is 6.08. The first-order valence-electron chi connectivity index (χ1n) is 10.6. The molecule has 0 bridgehead atoms. The molecule has 0 saturated carbocycles. The van der Waals surface area contributed by atoms with Crippen LogP contribution in [0.15, 0.2) is 42.5 Å². The van der Waals surface area contributed by atoms with Crippen LogP contribution in [0.3, 0.4) is 0 Å². The fraction of sp³-hybridized carbons (Fsp3) is 0.520. The third kappa shape index (κ3) is 3.70. The molecule has 0 saturated heterocycles. The lowest BCUT2D eigenvalue weighted by Crippen LogP contribution is -2.46. The van der Waals surface area contributed by atoms with Crippen molar-refractivity contribution in [1.82, 2.24) is 10.6 Å². The second-order valence-corrected chi connectivity index (χ2v) is 8.96. The van der Waals surface area contributed by atoms with Crippen molar-refractivity contribution in [3.8, 4) is 11.1 Å². The highest BCUT2D eigenvalue weighted by molar-refractivity contribution is 5.84. The summed E-state index contributed by atoms with van der Waals surface area (Å²) in [5.74, 6) is 0. The lowest BCUT2D eigenvalue weighted by Gasteiger charge is -2.33. The van der Waals surface area contributed by atoms with Gasteiger partial charge < -0.3 is 10.6 Å². The van der Waals surface area contributed by atoms with Crippen molar-refractivity contribution in [3.05, 3.63) is 59.2 Å². The van der Waals surface area contributed by atoms with Gasteiger partial charge in [0, 0.05) is 18.5 Å². The molecule has 0 spiro atoms. The maximum atomic E-state index is 3.74. The molecule has 2 aromatic rings. The van der Waals surface area contributed by atoms with Crippen molar-refractivity contribution < 1.29 is 0 Å². The average molecular weight is 365 g/mol. The van der Waals surface area contributed by atoms with E-state index in [1.807, 2.05) is 0 Å². The van der Waals surface area contributed by atoms with E-state index in [2.05, 4.69) is 87.7 Å². The first kappa shape index (κ1) is 20.1. The minimum atomic E-state index is -0.00245. The van der Waals surface area contributed by atoms with Crippen molar-refractivity contribution in [2.24, 2.45) is 0 Å². The topological polar surface area (TPSA) is 24.1 Å². The second kappa shape index (κ2) is 8.16. The van der Waals surface area contributed by atoms with Crippen LogP contribution in [0, 0.1) is 0 Å². The third-order valence-corrected chi connectivity index (χ3v) is 5.81. The van der Waals surface area contributed by atoms with Crippen LogP contribution in [0.4, 0.5) is 0 Å². The highest BCUT2D eigenvalue weighted by Gasteiger charge is 2.44. The highest BCUT2D eigenvalue weighted by atomic mass is 14.9. The summed E-state index contributed by atoms with van der Waals surface area (Å²) in [6, 6.07) is 16.0. The van der Waals surface area contributed by atoms with Gasteiger partial charge in [0.15, 0.2) is 0 Å². The second-order valence-electron chi connectivity index (χ2n) is 8.96. The Morgan fingerprint density at radius 2 is 1.37 bits per heavy atom. The molecule has 0 atom stereocenters. The molecule has 0 unspecified atom stereocenters. The van der Waals surface area contributed by atoms with Crippen LogP contribution in [0.5, 0.6) is 0 Å². The van der Waals surface area contributed by atoms with Crippen LogP contribution in [0.1, 0.15) is 64.2 Å². The minimum absolute atomic E-state index is 0.00245. The zero-order valence-electron chi connectivity index (χ0n) is 17.8. The molecule has 1 aliphatic rings. The van der Waals surface area contributed by atoms with E-state index in [1.165, 1.54) is 27.8 Å². The molecule has 3 rings (SSSR count). The number of nitrogens with one attached hydrogen (secondary N) is 2. The first-order valence-corrected chi connectivity index (χ1v) is 10.6. The van der Waals surface area contributed by atoms with E-state index in [0.29, 0.717) is 0 Å². The number of fused-ring (bicyclic) bond motifs is 3. The van der Waals surface area contributed by atoms with E-state index in [-0.39, 0.29) is 10.8 Å². The van der Waals surface area contributed by atoms with E-state index < -0.39 is 0 Å². The van der Waals surface area contributed by atoms with E-state index in [9.17, 15) is 0 Å². The molecule has 0 aliphatic heterocycles. The third-order valence-electron chi connectivity index (χ3n) is 5.81. The van der Waals surface area contributed by atoms with Crippen LogP contribution in [0.25, 0.3) is 11.1 Å². The van der Waals surface area contributed by atoms with Crippen molar-refractivity contribution in [3.63, 3.8) is 0 Å². The minimum Gasteiger partial charge on any atom is -0.315 e. The van der Waals surface area contributed by atoms with Crippen molar-refractivity contribution in [2.75, 3.05) is 26.2 Å². The molecule has 2 nitrogen and oxygen atoms in total. The Bertz CT molecular complexity index is 760. The standard InChI is InChI=1S/C25H36N2/c1-6-15-26-17-25(18-27-16-7-2)20-12-9-8-11-19(20)23-21(24(3,4)5)13-10-14-22(23)25/h8-14,26-27H,6-7,15-18H2,1-5H3. The predicted molar refractivity (Wildman–Crippen MR) is 118 cm³/mol. The average Bonchev–Trinajstić information content (AvgIpc) is 2.92. The van der Waals surface area contributed by atoms with Crippen LogP contribution in [-0.4, -0.2) is 26.2 Å². The van der Waals surface area contributed by atoms with Gasteiger partial charge in [-0.1, -0.05) is 77.1 Å². The summed E-state index contributed by atoms with van der Waals surface area (Å²) in [6.07, 6.45) is 2.32. The molecule has 0 fully saturated rings. The Morgan fingerprint density at radius 3 is 1.96 bits per heavy atom. The van der Waals surface area contributed by atoms with Crippen molar-refractivity contribution in [2.45, 2.75) is 58.3 Å². The number of hydrogen-bond acceptors (Lipinski definition) is 2. The van der Waals surface area contributed by atoms with Gasteiger partial charge in [-0.3, -0.25) is 0 Å². The highest BCUT2D eigenvalue weighted by Crippen LogP contribution is 2.51. The van der Waals surface area contributed by atoms with E-state index in [0.717, 1.165) is 39.0 Å². The molecule has 0 radical (unpaired) electrons. The maximum absolute atomic E-state index is 3.74. The fourth-order valence-electron chi connectivity index (χ4n) is 4.53. The largest absolute Gasteiger partial charge is 0.315 e. The Balaban J connectivity index is 2.19. The number of rotatable bonds is 8. The Hall–Kier alpha value is -1.64. The Morgan fingerprint density at radius 1 is 0.778 bits per heavy atom. The van der Waals surface area contributed by atoms with Gasteiger partial charge in [0.2, 0.25) is 0 Å². The molecule has 2 N–H and O–H groups in total. The summed E-state index contributed by atoms with van der Waals surface area (Å²) in [5.41, 5.74) is 7.44. The van der Waals surface area contributed by atoms with E-state index in [1.54, 1.807) is 0 Å². The molecule has 2 aromatic carbocycles. The quantitative estimate of drug-likeness (QED) is 0.625. The SMILES string of the molecule is CCCNCC1(CNCCC)c2ccccc2-c2c(C(C)(C)C)cccc21. The zero-order valence-corrected chi connectivity index (χ0v) is 17.8. The summed E-state index contributed by atoms with van der Waals surface area (Å²) in [5, 5.41) is 7.49. The predicted octanol–water partition coefficient (Wildman–Crippen LogP) is 5.25. The molecule has 146 valence electrons. The van der Waals surface area contributed by atoms with Crippen LogP contribution >= 0.6 is 0 Å². The number of hydrogen-bond donors (Lipinski definition) is 2. The first-order chi connectivity index (χ1) is 13.0. The zero-order chi connectivity index (χ0) is 19.5. The molecule has 27 heavy (non-hydrogen) atoms. The van der Waals surface area contributed by atoms with Crippen LogP contribution < -0.4 is 10.6 Å². The van der Waals surface area contributed by atoms with Crippen molar-refractivity contribution in [1.29, 1.82) is 0 Å². The monoisotopic (exact) mass is 364 g/mol. The summed E-state index contributed by atoms with van der Waals surface area (Å²) < 4.78 is 0. The molecule has 0 aromatic heterocycles. The molecule has 0 heterocycles. The van der Waals surface area contributed by atoms with Gasteiger partial charge in [0.25, 0.3) is 0 Å². The summed E-state index contributed by atoms with van der Waals surface area (Å²) in [6.45, 7) is 15.6. The fourth-order valence-corrected chi connectivity index (χ4v) is 4.53. The van der Waals surface area contributed by atoms with Gasteiger partial charge in [0.1, 0.15) is 0 Å². The Labute approximate surface area is 165 Å². The molecule has 0 amide bonds. The van der Waals surface area contributed by atoms with Gasteiger partial charge in [-0.15, -0.1) is 0 Å². The van der Waals surface area contributed by atoms with E-state index in [4.69, 9.17) is 0 Å². The molecule has 2 heteroatoms. The smallest absolute Gasteiger partial charge is 0.0463 e. The lowest BCUT2D eigenvalue weighted by atomic mass is 9.76. The van der Waals surface area contributed by atoms with E-state index >= 15 is 0 Å². The lowest BCUT2D eigenvalue weighted by molar-refractivity contribution is 0.437. The molecular weight excluding hydrogens is 328 g/mol. The normalized spacial score (nSPS) is 14.9. The van der Waals surface area contributed by atoms with Crippen LogP contribution in [0.2, 0.25) is 0 Å². The van der Waals surface area contributed by atoms with Gasteiger partial charge >= 0.3 is 0 Å².